The molecule has 11 heavy (non-hydrogen) atoms. The van der Waals surface area contributed by atoms with E-state index < -0.39 is 5.97 Å². The Morgan fingerprint density at radius 3 is 2.45 bits per heavy atom. The first-order valence-electron chi connectivity index (χ1n) is 3.12. The SMILES string of the molecule is CCOC(=O)C(C=O)=C(C)Cl. The van der Waals surface area contributed by atoms with Crippen LogP contribution in [0.3, 0.4) is 0 Å². The Morgan fingerprint density at radius 2 is 2.18 bits per heavy atom. The maximum atomic E-state index is 10.8. The van der Waals surface area contributed by atoms with E-state index in [0.717, 1.165) is 0 Å². The van der Waals surface area contributed by atoms with Crippen LogP contribution in [0.2, 0.25) is 0 Å². The molecule has 0 saturated carbocycles. The van der Waals surface area contributed by atoms with E-state index in [0.29, 0.717) is 6.29 Å². The zero-order valence-electron chi connectivity index (χ0n) is 6.39. The van der Waals surface area contributed by atoms with E-state index in [2.05, 4.69) is 4.74 Å². The van der Waals surface area contributed by atoms with Crippen LogP contribution in [0.4, 0.5) is 0 Å². The van der Waals surface area contributed by atoms with Crippen molar-refractivity contribution < 1.29 is 14.3 Å². The van der Waals surface area contributed by atoms with E-state index in [1.807, 2.05) is 0 Å². The molecular formula is C7H9ClO3. The van der Waals surface area contributed by atoms with Gasteiger partial charge in [-0.25, -0.2) is 4.79 Å². The lowest BCUT2D eigenvalue weighted by molar-refractivity contribution is -0.139. The molecule has 0 rings (SSSR count). The summed E-state index contributed by atoms with van der Waals surface area (Å²) in [5, 5.41) is 0.151. The maximum Gasteiger partial charge on any atom is 0.342 e. The lowest BCUT2D eigenvalue weighted by Crippen LogP contribution is -2.09. The molecule has 0 aliphatic carbocycles. The highest BCUT2D eigenvalue weighted by Crippen LogP contribution is 2.07. The molecule has 0 unspecified atom stereocenters. The first-order chi connectivity index (χ1) is 5.13. The van der Waals surface area contributed by atoms with Crippen LogP contribution in [0.15, 0.2) is 10.6 Å². The van der Waals surface area contributed by atoms with Gasteiger partial charge in [0.25, 0.3) is 0 Å². The van der Waals surface area contributed by atoms with Crippen molar-refractivity contribution in [2.24, 2.45) is 0 Å². The van der Waals surface area contributed by atoms with Gasteiger partial charge in [-0.15, -0.1) is 0 Å². The minimum absolute atomic E-state index is 0.117. The van der Waals surface area contributed by atoms with Crippen molar-refractivity contribution in [3.63, 3.8) is 0 Å². The first kappa shape index (κ1) is 10.2. The van der Waals surface area contributed by atoms with Crippen molar-refractivity contribution in [3.05, 3.63) is 10.6 Å². The van der Waals surface area contributed by atoms with Gasteiger partial charge in [0.1, 0.15) is 5.57 Å². The second-order valence-corrected chi connectivity index (χ2v) is 2.35. The number of hydrogen-bond donors (Lipinski definition) is 0. The van der Waals surface area contributed by atoms with Gasteiger partial charge >= 0.3 is 5.97 Å². The summed E-state index contributed by atoms with van der Waals surface area (Å²) in [6.07, 6.45) is 0.389. The normalized spacial score (nSPS) is 11.9. The molecule has 0 fully saturated rings. The predicted octanol–water partition coefficient (Wildman–Crippen LogP) is 1.26. The molecule has 0 atom stereocenters. The van der Waals surface area contributed by atoms with Gasteiger partial charge in [-0.3, -0.25) is 4.79 Å². The van der Waals surface area contributed by atoms with Crippen LogP contribution in [0.1, 0.15) is 13.8 Å². The van der Waals surface area contributed by atoms with Crippen molar-refractivity contribution in [1.82, 2.24) is 0 Å². The van der Waals surface area contributed by atoms with E-state index in [9.17, 15) is 9.59 Å². The number of allylic oxidation sites excluding steroid dienone is 1. The zero-order chi connectivity index (χ0) is 8.85. The highest BCUT2D eigenvalue weighted by atomic mass is 35.5. The summed E-state index contributed by atoms with van der Waals surface area (Å²) in [5.41, 5.74) is -0.117. The molecule has 0 aromatic heterocycles. The van der Waals surface area contributed by atoms with Crippen molar-refractivity contribution in [1.29, 1.82) is 0 Å². The molecule has 0 aliphatic heterocycles. The van der Waals surface area contributed by atoms with Gasteiger partial charge < -0.3 is 4.74 Å². The Balaban J connectivity index is 4.40. The summed E-state index contributed by atoms with van der Waals surface area (Å²) in [6, 6.07) is 0. The summed E-state index contributed by atoms with van der Waals surface area (Å²) in [7, 11) is 0. The molecule has 62 valence electrons. The van der Waals surface area contributed by atoms with Crippen molar-refractivity contribution in [2.75, 3.05) is 6.61 Å². The lowest BCUT2D eigenvalue weighted by Gasteiger charge is -1.99. The zero-order valence-corrected chi connectivity index (χ0v) is 7.14. The van der Waals surface area contributed by atoms with Crippen molar-refractivity contribution in [3.8, 4) is 0 Å². The molecule has 0 radical (unpaired) electrons. The van der Waals surface area contributed by atoms with Crippen LogP contribution in [-0.2, 0) is 14.3 Å². The fraction of sp³-hybridized carbons (Fsp3) is 0.429. The second kappa shape index (κ2) is 4.91. The van der Waals surface area contributed by atoms with E-state index in [4.69, 9.17) is 11.6 Å². The lowest BCUT2D eigenvalue weighted by atomic mass is 10.3. The van der Waals surface area contributed by atoms with Gasteiger partial charge in [0.15, 0.2) is 6.29 Å². The first-order valence-corrected chi connectivity index (χ1v) is 3.50. The highest BCUT2D eigenvalue weighted by molar-refractivity contribution is 6.33. The minimum Gasteiger partial charge on any atom is -0.462 e. The number of halogens is 1. The Morgan fingerprint density at radius 1 is 1.64 bits per heavy atom. The number of hydrogen-bond acceptors (Lipinski definition) is 3. The largest absolute Gasteiger partial charge is 0.462 e. The minimum atomic E-state index is -0.671. The van der Waals surface area contributed by atoms with Crippen LogP contribution >= 0.6 is 11.6 Å². The van der Waals surface area contributed by atoms with E-state index >= 15 is 0 Å². The Kier molecular flexibility index (Phi) is 4.54. The number of aldehydes is 1. The number of esters is 1. The van der Waals surface area contributed by atoms with Crippen molar-refractivity contribution in [2.45, 2.75) is 13.8 Å². The Labute approximate surface area is 70.0 Å². The summed E-state index contributed by atoms with van der Waals surface area (Å²) in [5.74, 6) is -0.671. The predicted molar refractivity (Wildman–Crippen MR) is 41.3 cm³/mol. The number of ether oxygens (including phenoxy) is 1. The van der Waals surface area contributed by atoms with Gasteiger partial charge in [0.05, 0.1) is 6.61 Å². The fourth-order valence-corrected chi connectivity index (χ4v) is 0.600. The van der Waals surface area contributed by atoms with Gasteiger partial charge in [0.2, 0.25) is 0 Å². The van der Waals surface area contributed by atoms with Crippen molar-refractivity contribution >= 4 is 23.9 Å². The quantitative estimate of drug-likeness (QED) is 0.214. The number of rotatable bonds is 3. The van der Waals surface area contributed by atoms with Gasteiger partial charge in [-0.05, 0) is 13.8 Å². The van der Waals surface area contributed by atoms with Crippen LogP contribution < -0.4 is 0 Å². The maximum absolute atomic E-state index is 10.8. The molecule has 0 aromatic carbocycles. The monoisotopic (exact) mass is 176 g/mol. The Hall–Kier alpha value is -0.830. The molecule has 0 bridgehead atoms. The van der Waals surface area contributed by atoms with Gasteiger partial charge in [0, 0.05) is 5.03 Å². The van der Waals surface area contributed by atoms with Gasteiger partial charge in [-0.1, -0.05) is 11.6 Å². The van der Waals surface area contributed by atoms with Crippen LogP contribution in [0, 0.1) is 0 Å². The third-order valence-electron chi connectivity index (χ3n) is 0.984. The average molecular weight is 177 g/mol. The van der Waals surface area contributed by atoms with Gasteiger partial charge in [-0.2, -0.15) is 0 Å². The number of carbonyl (C=O) groups is 2. The third-order valence-corrected chi connectivity index (χ3v) is 1.19. The molecule has 4 heteroatoms. The van der Waals surface area contributed by atoms with Crippen LogP contribution in [0.5, 0.6) is 0 Å². The Bertz CT molecular complexity index is 192. The molecule has 0 N–H and O–H groups in total. The molecule has 3 nitrogen and oxygen atoms in total. The van der Waals surface area contributed by atoms with E-state index in [1.165, 1.54) is 6.92 Å². The molecule has 0 saturated heterocycles. The van der Waals surface area contributed by atoms with Crippen LogP contribution in [-0.4, -0.2) is 18.9 Å². The molecule has 0 spiro atoms. The molecule has 0 aromatic rings. The van der Waals surface area contributed by atoms with E-state index in [-0.39, 0.29) is 17.2 Å². The molecule has 0 heterocycles. The third kappa shape index (κ3) is 3.18. The summed E-state index contributed by atoms with van der Waals surface area (Å²) in [4.78, 5) is 21.0. The smallest absolute Gasteiger partial charge is 0.342 e. The summed E-state index contributed by atoms with van der Waals surface area (Å²) >= 11 is 5.42. The second-order valence-electron chi connectivity index (χ2n) is 1.79. The highest BCUT2D eigenvalue weighted by Gasteiger charge is 2.11. The molecule has 0 amide bonds. The molecular weight excluding hydrogens is 168 g/mol. The average Bonchev–Trinajstić information content (AvgIpc) is 1.88. The number of carbonyl (C=O) groups excluding carboxylic acids is 2. The topological polar surface area (TPSA) is 43.4 Å². The summed E-state index contributed by atoms with van der Waals surface area (Å²) in [6.45, 7) is 3.35. The summed E-state index contributed by atoms with van der Waals surface area (Å²) < 4.78 is 4.54. The van der Waals surface area contributed by atoms with Crippen LogP contribution in [0.25, 0.3) is 0 Å². The fourth-order valence-electron chi connectivity index (χ4n) is 0.479. The van der Waals surface area contributed by atoms with E-state index in [1.54, 1.807) is 6.92 Å². The standard InChI is InChI=1S/C7H9ClO3/c1-3-11-7(10)6(4-9)5(2)8/h4H,3H2,1-2H3. The molecule has 0 aliphatic rings.